The quantitative estimate of drug-likeness (QED) is 0.357. The minimum Gasteiger partial charge on any atom is -0.324 e. The summed E-state index contributed by atoms with van der Waals surface area (Å²) >= 11 is 0. The molecule has 0 saturated carbocycles. The number of aromatic nitrogens is 5. The van der Waals surface area contributed by atoms with E-state index in [1.807, 2.05) is 31.3 Å². The van der Waals surface area contributed by atoms with Crippen LogP contribution in [0.25, 0.3) is 16.9 Å². The van der Waals surface area contributed by atoms with Crippen LogP contribution in [0.5, 0.6) is 0 Å². The third-order valence-electron chi connectivity index (χ3n) is 6.54. The highest BCUT2D eigenvalue weighted by Gasteiger charge is 2.22. The number of nitrogens with one attached hydrogen (secondary N) is 3. The first-order valence-electron chi connectivity index (χ1n) is 11.8. The fourth-order valence-electron chi connectivity index (χ4n) is 4.31. The highest BCUT2D eigenvalue weighted by Crippen LogP contribution is 2.23. The van der Waals surface area contributed by atoms with Gasteiger partial charge in [-0.2, -0.15) is 4.98 Å². The van der Waals surface area contributed by atoms with E-state index in [9.17, 15) is 4.79 Å². The second-order valence-electron chi connectivity index (χ2n) is 9.21. The normalized spacial score (nSPS) is 13.6. The SMILES string of the molecule is C=CCn1c(=O)c2cnc(Nc3ccc4c(c3)CCNC4)nc2n1-c1cccc(C(C)(C)NC)n1. The summed E-state index contributed by atoms with van der Waals surface area (Å²) in [6, 6.07) is 12.1. The van der Waals surface area contributed by atoms with Crippen LogP contribution in [0.2, 0.25) is 0 Å². The number of hydrogen-bond donors (Lipinski definition) is 3. The summed E-state index contributed by atoms with van der Waals surface area (Å²) in [5.41, 5.74) is 4.36. The Balaban J connectivity index is 1.61. The molecule has 9 nitrogen and oxygen atoms in total. The van der Waals surface area contributed by atoms with Gasteiger partial charge in [-0.25, -0.2) is 19.3 Å². The highest BCUT2D eigenvalue weighted by atomic mass is 16.1. The molecule has 1 aliphatic rings. The zero-order valence-electron chi connectivity index (χ0n) is 20.3. The lowest BCUT2D eigenvalue weighted by molar-refractivity contribution is 0.429. The van der Waals surface area contributed by atoms with Gasteiger partial charge in [0.2, 0.25) is 5.95 Å². The van der Waals surface area contributed by atoms with Gasteiger partial charge in [-0.05, 0) is 69.3 Å². The smallest absolute Gasteiger partial charge is 0.278 e. The first-order chi connectivity index (χ1) is 16.9. The third-order valence-corrected chi connectivity index (χ3v) is 6.54. The lowest BCUT2D eigenvalue weighted by atomic mass is 10.0. The maximum atomic E-state index is 13.2. The largest absolute Gasteiger partial charge is 0.324 e. The second-order valence-corrected chi connectivity index (χ2v) is 9.21. The van der Waals surface area contributed by atoms with Gasteiger partial charge in [0, 0.05) is 18.4 Å². The molecule has 4 aromatic rings. The van der Waals surface area contributed by atoms with Crippen molar-refractivity contribution >= 4 is 22.7 Å². The number of fused-ring (bicyclic) bond motifs is 2. The molecule has 4 heterocycles. The molecule has 3 N–H and O–H groups in total. The summed E-state index contributed by atoms with van der Waals surface area (Å²) < 4.78 is 3.33. The minimum absolute atomic E-state index is 0.187. The van der Waals surface area contributed by atoms with Crippen molar-refractivity contribution in [2.75, 3.05) is 18.9 Å². The topological polar surface area (TPSA) is 102 Å². The van der Waals surface area contributed by atoms with Crippen LogP contribution in [0.4, 0.5) is 11.6 Å². The molecule has 180 valence electrons. The molecule has 0 amide bonds. The Morgan fingerprint density at radius 3 is 2.86 bits per heavy atom. The van der Waals surface area contributed by atoms with Crippen LogP contribution in [0.3, 0.4) is 0 Å². The van der Waals surface area contributed by atoms with Gasteiger partial charge in [-0.1, -0.05) is 18.2 Å². The van der Waals surface area contributed by atoms with Crippen molar-refractivity contribution in [3.8, 4) is 5.82 Å². The van der Waals surface area contributed by atoms with E-state index >= 15 is 0 Å². The highest BCUT2D eigenvalue weighted by molar-refractivity contribution is 5.77. The first kappa shape index (κ1) is 22.9. The van der Waals surface area contributed by atoms with E-state index in [1.54, 1.807) is 21.6 Å². The van der Waals surface area contributed by atoms with Crippen molar-refractivity contribution in [3.05, 3.63) is 82.4 Å². The number of nitrogens with zero attached hydrogens (tertiary/aromatic N) is 5. The minimum atomic E-state index is -0.341. The molecular weight excluding hydrogens is 440 g/mol. The molecule has 0 aliphatic carbocycles. The summed E-state index contributed by atoms with van der Waals surface area (Å²) in [4.78, 5) is 27.3. The van der Waals surface area contributed by atoms with Crippen LogP contribution < -0.4 is 21.5 Å². The fourth-order valence-corrected chi connectivity index (χ4v) is 4.31. The number of rotatable bonds is 7. The number of benzene rings is 1. The van der Waals surface area contributed by atoms with Crippen LogP contribution in [-0.2, 0) is 25.0 Å². The molecule has 0 unspecified atom stereocenters. The standard InChI is InChI=1S/C26H30N8O/c1-5-13-33-24(35)20-16-29-25(30-19-10-9-18-15-28-12-11-17(18)14-19)32-23(20)34(33)22-8-6-7-21(31-22)26(2,3)27-4/h5-10,14,16,27-28H,1,11-13,15H2,2-4H3,(H,29,30,32). The molecule has 0 saturated heterocycles. The number of allylic oxidation sites excluding steroid dienone is 1. The Kier molecular flexibility index (Phi) is 5.96. The van der Waals surface area contributed by atoms with Gasteiger partial charge in [0.1, 0.15) is 5.39 Å². The lowest BCUT2D eigenvalue weighted by Crippen LogP contribution is -2.34. The molecule has 0 radical (unpaired) electrons. The zero-order chi connectivity index (χ0) is 24.6. The molecule has 3 aromatic heterocycles. The van der Waals surface area contributed by atoms with E-state index in [4.69, 9.17) is 9.97 Å². The first-order valence-corrected chi connectivity index (χ1v) is 11.8. The van der Waals surface area contributed by atoms with Gasteiger partial charge >= 0.3 is 0 Å². The molecule has 0 bridgehead atoms. The summed E-state index contributed by atoms with van der Waals surface area (Å²) in [5, 5.41) is 10.4. The Hall–Kier alpha value is -3.82. The maximum absolute atomic E-state index is 13.2. The average Bonchev–Trinajstić information content (AvgIpc) is 3.15. The zero-order valence-corrected chi connectivity index (χ0v) is 20.3. The Bertz CT molecular complexity index is 1470. The van der Waals surface area contributed by atoms with E-state index in [-0.39, 0.29) is 11.1 Å². The molecule has 0 spiro atoms. The van der Waals surface area contributed by atoms with Crippen LogP contribution in [0.15, 0.2) is 60.0 Å². The molecule has 9 heteroatoms. The van der Waals surface area contributed by atoms with Gasteiger partial charge in [0.05, 0.1) is 17.8 Å². The lowest BCUT2D eigenvalue weighted by Gasteiger charge is -2.24. The maximum Gasteiger partial charge on any atom is 0.278 e. The third kappa shape index (κ3) is 4.24. The van der Waals surface area contributed by atoms with E-state index in [1.165, 1.54) is 11.1 Å². The number of pyridine rings is 1. The predicted molar refractivity (Wildman–Crippen MR) is 138 cm³/mol. The monoisotopic (exact) mass is 470 g/mol. The predicted octanol–water partition coefficient (Wildman–Crippen LogP) is 3.01. The van der Waals surface area contributed by atoms with Gasteiger partial charge in [-0.15, -0.1) is 6.58 Å². The summed E-state index contributed by atoms with van der Waals surface area (Å²) in [6.07, 6.45) is 4.25. The van der Waals surface area contributed by atoms with Crippen molar-refractivity contribution in [2.24, 2.45) is 0 Å². The van der Waals surface area contributed by atoms with Crippen molar-refractivity contribution in [2.45, 2.75) is 38.9 Å². The summed E-state index contributed by atoms with van der Waals surface area (Å²) in [7, 11) is 1.90. The van der Waals surface area contributed by atoms with E-state index in [0.717, 1.165) is 30.9 Å². The van der Waals surface area contributed by atoms with Crippen molar-refractivity contribution in [1.82, 2.24) is 34.9 Å². The van der Waals surface area contributed by atoms with Crippen molar-refractivity contribution < 1.29 is 0 Å². The molecule has 1 aromatic carbocycles. The molecule has 5 rings (SSSR count). The molecule has 0 fully saturated rings. The van der Waals surface area contributed by atoms with E-state index < -0.39 is 0 Å². The van der Waals surface area contributed by atoms with E-state index in [2.05, 4.69) is 53.5 Å². The number of anilines is 2. The van der Waals surface area contributed by atoms with Gasteiger partial charge in [-0.3, -0.25) is 4.79 Å². The molecule has 1 aliphatic heterocycles. The molecule has 35 heavy (non-hydrogen) atoms. The van der Waals surface area contributed by atoms with E-state index in [0.29, 0.717) is 29.3 Å². The fraction of sp³-hybridized carbons (Fsp3) is 0.308. The molecule has 0 atom stereocenters. The molecular formula is C26H30N8O. The van der Waals surface area contributed by atoms with Crippen LogP contribution >= 0.6 is 0 Å². The Morgan fingerprint density at radius 2 is 2.06 bits per heavy atom. The second kappa shape index (κ2) is 9.09. The number of hydrogen-bond acceptors (Lipinski definition) is 7. The summed E-state index contributed by atoms with van der Waals surface area (Å²) in [5.74, 6) is 1.02. The van der Waals surface area contributed by atoms with Crippen molar-refractivity contribution in [1.29, 1.82) is 0 Å². The van der Waals surface area contributed by atoms with Gasteiger partial charge in [0.15, 0.2) is 11.5 Å². The Morgan fingerprint density at radius 1 is 1.20 bits per heavy atom. The van der Waals surface area contributed by atoms with Gasteiger partial charge < -0.3 is 16.0 Å². The van der Waals surface area contributed by atoms with Crippen LogP contribution in [0.1, 0.15) is 30.7 Å². The average molecular weight is 471 g/mol. The van der Waals surface area contributed by atoms with Crippen LogP contribution in [0, 0.1) is 0 Å². The van der Waals surface area contributed by atoms with Crippen molar-refractivity contribution in [3.63, 3.8) is 0 Å². The summed E-state index contributed by atoms with van der Waals surface area (Å²) in [6.45, 7) is 10.1. The van der Waals surface area contributed by atoms with Gasteiger partial charge in [0.25, 0.3) is 5.56 Å². The Labute approximate surface area is 203 Å². The van der Waals surface area contributed by atoms with Crippen LogP contribution in [-0.4, -0.2) is 37.9 Å².